The summed E-state index contributed by atoms with van der Waals surface area (Å²) in [7, 11) is 0. The molecule has 2 heterocycles. The third kappa shape index (κ3) is 4.08. The molecule has 0 unspecified atom stereocenters. The Balaban J connectivity index is 1.48. The molecule has 0 saturated carbocycles. The molecule has 0 atom stereocenters. The van der Waals surface area contributed by atoms with E-state index >= 15 is 0 Å². The second-order valence-corrected chi connectivity index (χ2v) is 6.66. The molecule has 0 aliphatic heterocycles. The topological polar surface area (TPSA) is 87.2 Å². The van der Waals surface area contributed by atoms with Gasteiger partial charge in [0.05, 0.1) is 5.69 Å². The monoisotopic (exact) mass is 348 g/mol. The van der Waals surface area contributed by atoms with Crippen LogP contribution in [0.3, 0.4) is 0 Å². The van der Waals surface area contributed by atoms with E-state index in [0.29, 0.717) is 0 Å². The molecule has 3 aromatic rings. The van der Waals surface area contributed by atoms with Crippen molar-refractivity contribution in [3.63, 3.8) is 0 Å². The van der Waals surface area contributed by atoms with E-state index in [0.717, 1.165) is 40.5 Å². The minimum atomic E-state index is 0.788. The van der Waals surface area contributed by atoms with Gasteiger partial charge in [-0.1, -0.05) is 41.7 Å². The number of para-hydroxylation sites is 1. The Kier molecular flexibility index (Phi) is 5.59. The van der Waals surface area contributed by atoms with Crippen molar-refractivity contribution in [2.24, 2.45) is 0 Å². The Morgan fingerprint density at radius 1 is 0.913 bits per heavy atom. The van der Waals surface area contributed by atoms with Gasteiger partial charge in [-0.2, -0.15) is 4.68 Å². The average Bonchev–Trinajstić information content (AvgIpc) is 3.24. The van der Waals surface area contributed by atoms with E-state index in [1.807, 2.05) is 37.3 Å². The van der Waals surface area contributed by atoms with Gasteiger partial charge in [-0.3, -0.25) is 0 Å². The molecule has 0 radical (unpaired) electrons. The predicted octanol–water partition coefficient (Wildman–Crippen LogP) is 1.94. The van der Waals surface area contributed by atoms with Crippen molar-refractivity contribution >= 4 is 23.5 Å². The fraction of sp³-hybridized carbons (Fsp3) is 0.385. The SMILES string of the molecule is CCn1nnnc1SCCCSc1nnnn1-c1ccccc1. The molecule has 120 valence electrons. The molecule has 1 aromatic carbocycles. The minimum Gasteiger partial charge on any atom is -0.221 e. The molecule has 23 heavy (non-hydrogen) atoms. The Labute approximate surface area is 142 Å². The van der Waals surface area contributed by atoms with Gasteiger partial charge in [0.2, 0.25) is 10.3 Å². The zero-order valence-electron chi connectivity index (χ0n) is 12.6. The maximum Gasteiger partial charge on any atom is 0.214 e. The summed E-state index contributed by atoms with van der Waals surface area (Å²) in [6, 6.07) is 9.89. The molecule has 0 aliphatic carbocycles. The van der Waals surface area contributed by atoms with Crippen LogP contribution in [0.25, 0.3) is 5.69 Å². The van der Waals surface area contributed by atoms with Crippen LogP contribution in [0.4, 0.5) is 0 Å². The summed E-state index contributed by atoms with van der Waals surface area (Å²) in [6.45, 7) is 2.82. The maximum atomic E-state index is 4.09. The van der Waals surface area contributed by atoms with Gasteiger partial charge in [-0.15, -0.1) is 10.2 Å². The molecule has 0 amide bonds. The Hall–Kier alpha value is -1.94. The second kappa shape index (κ2) is 8.06. The molecule has 3 rings (SSSR count). The van der Waals surface area contributed by atoms with Gasteiger partial charge >= 0.3 is 0 Å². The number of aryl methyl sites for hydroxylation is 1. The first-order valence-electron chi connectivity index (χ1n) is 7.24. The van der Waals surface area contributed by atoms with Crippen LogP contribution < -0.4 is 0 Å². The molecular weight excluding hydrogens is 332 g/mol. The van der Waals surface area contributed by atoms with E-state index in [1.54, 1.807) is 32.9 Å². The molecule has 0 fully saturated rings. The quantitative estimate of drug-likeness (QED) is 0.451. The molecule has 10 heteroatoms. The van der Waals surface area contributed by atoms with E-state index in [-0.39, 0.29) is 0 Å². The highest BCUT2D eigenvalue weighted by atomic mass is 32.2. The van der Waals surface area contributed by atoms with Crippen LogP contribution in [0.5, 0.6) is 0 Å². The third-order valence-corrected chi connectivity index (χ3v) is 5.04. The van der Waals surface area contributed by atoms with E-state index in [1.165, 1.54) is 0 Å². The summed E-state index contributed by atoms with van der Waals surface area (Å²) in [5.41, 5.74) is 0.969. The lowest BCUT2D eigenvalue weighted by Gasteiger charge is -2.04. The minimum absolute atomic E-state index is 0.788. The Morgan fingerprint density at radius 3 is 2.39 bits per heavy atom. The number of rotatable bonds is 8. The average molecular weight is 348 g/mol. The van der Waals surface area contributed by atoms with Gasteiger partial charge in [0.15, 0.2) is 0 Å². The zero-order chi connectivity index (χ0) is 15.9. The highest BCUT2D eigenvalue weighted by Gasteiger charge is 2.09. The van der Waals surface area contributed by atoms with Gasteiger partial charge in [0, 0.05) is 18.1 Å². The second-order valence-electron chi connectivity index (χ2n) is 4.54. The molecular formula is C13H16N8S2. The third-order valence-electron chi connectivity index (χ3n) is 2.99. The van der Waals surface area contributed by atoms with Crippen molar-refractivity contribution in [2.75, 3.05) is 11.5 Å². The van der Waals surface area contributed by atoms with Crippen LogP contribution >= 0.6 is 23.5 Å². The molecule has 0 N–H and O–H groups in total. The van der Waals surface area contributed by atoms with Gasteiger partial charge in [0.25, 0.3) is 0 Å². The lowest BCUT2D eigenvalue weighted by Crippen LogP contribution is -2.00. The maximum absolute atomic E-state index is 4.09. The van der Waals surface area contributed by atoms with Gasteiger partial charge in [-0.05, 0) is 46.3 Å². The van der Waals surface area contributed by atoms with Crippen LogP contribution in [0, 0.1) is 0 Å². The highest BCUT2D eigenvalue weighted by Crippen LogP contribution is 2.21. The molecule has 8 nitrogen and oxygen atoms in total. The van der Waals surface area contributed by atoms with Crippen molar-refractivity contribution in [1.82, 2.24) is 40.4 Å². The number of hydrogen-bond donors (Lipinski definition) is 0. The van der Waals surface area contributed by atoms with E-state index in [4.69, 9.17) is 0 Å². The standard InChI is InChI=1S/C13H16N8S2/c1-2-20-12(14-16-18-20)22-9-6-10-23-13-15-17-19-21(13)11-7-4-3-5-8-11/h3-5,7-8H,2,6,9-10H2,1H3. The van der Waals surface area contributed by atoms with Gasteiger partial charge < -0.3 is 0 Å². The number of thioether (sulfide) groups is 2. The fourth-order valence-electron chi connectivity index (χ4n) is 1.88. The van der Waals surface area contributed by atoms with Gasteiger partial charge in [-0.25, -0.2) is 4.68 Å². The molecule has 0 bridgehead atoms. The van der Waals surface area contributed by atoms with E-state index < -0.39 is 0 Å². The Morgan fingerprint density at radius 2 is 1.61 bits per heavy atom. The van der Waals surface area contributed by atoms with Crippen LogP contribution in [-0.4, -0.2) is 51.9 Å². The summed E-state index contributed by atoms with van der Waals surface area (Å²) >= 11 is 3.32. The van der Waals surface area contributed by atoms with Gasteiger partial charge in [0.1, 0.15) is 0 Å². The number of tetrazole rings is 2. The van der Waals surface area contributed by atoms with E-state index in [2.05, 4.69) is 31.1 Å². The van der Waals surface area contributed by atoms with Crippen molar-refractivity contribution in [3.8, 4) is 5.69 Å². The lowest BCUT2D eigenvalue weighted by molar-refractivity contribution is 0.581. The zero-order valence-corrected chi connectivity index (χ0v) is 14.2. The first kappa shape index (κ1) is 15.9. The van der Waals surface area contributed by atoms with Crippen LogP contribution in [0.15, 0.2) is 40.6 Å². The number of nitrogens with zero attached hydrogens (tertiary/aromatic N) is 8. The summed E-state index contributed by atoms with van der Waals surface area (Å²) in [6.07, 6.45) is 1.02. The predicted molar refractivity (Wildman–Crippen MR) is 88.7 cm³/mol. The number of hydrogen-bond acceptors (Lipinski definition) is 8. The normalized spacial score (nSPS) is 11.0. The van der Waals surface area contributed by atoms with E-state index in [9.17, 15) is 0 Å². The summed E-state index contributed by atoms with van der Waals surface area (Å²) in [4.78, 5) is 0. The number of aromatic nitrogens is 8. The van der Waals surface area contributed by atoms with Crippen LogP contribution in [0.1, 0.15) is 13.3 Å². The van der Waals surface area contributed by atoms with Crippen LogP contribution in [0.2, 0.25) is 0 Å². The van der Waals surface area contributed by atoms with Crippen molar-refractivity contribution in [1.29, 1.82) is 0 Å². The van der Waals surface area contributed by atoms with Crippen molar-refractivity contribution in [3.05, 3.63) is 30.3 Å². The smallest absolute Gasteiger partial charge is 0.214 e. The molecule has 0 aliphatic rings. The first-order valence-corrected chi connectivity index (χ1v) is 9.21. The summed E-state index contributed by atoms with van der Waals surface area (Å²) in [5.74, 6) is 1.90. The largest absolute Gasteiger partial charge is 0.221 e. The summed E-state index contributed by atoms with van der Waals surface area (Å²) < 4.78 is 3.56. The van der Waals surface area contributed by atoms with Crippen molar-refractivity contribution in [2.45, 2.75) is 30.2 Å². The van der Waals surface area contributed by atoms with Crippen molar-refractivity contribution < 1.29 is 0 Å². The molecule has 0 spiro atoms. The highest BCUT2D eigenvalue weighted by molar-refractivity contribution is 8.00. The molecule has 0 saturated heterocycles. The molecule has 2 aromatic heterocycles. The first-order chi connectivity index (χ1) is 11.4. The summed E-state index contributed by atoms with van der Waals surface area (Å²) in [5, 5.41) is 25.2. The van der Waals surface area contributed by atoms with Crippen LogP contribution in [-0.2, 0) is 6.54 Å². The Bertz CT molecular complexity index is 726. The lowest BCUT2D eigenvalue weighted by atomic mass is 10.3. The number of benzene rings is 1. The fourth-order valence-corrected chi connectivity index (χ4v) is 3.78.